The molecule has 0 heterocycles. The molecule has 49 heavy (non-hydrogen) atoms. The monoisotopic (exact) mass is 695 g/mol. The molecule has 5 nitrogen and oxygen atoms in total. The summed E-state index contributed by atoms with van der Waals surface area (Å²) in [4.78, 5) is 24.3. The van der Waals surface area contributed by atoms with Gasteiger partial charge in [-0.05, 0) is 12.8 Å². The van der Waals surface area contributed by atoms with Crippen LogP contribution in [-0.2, 0) is 19.1 Å². The standard InChI is InChI=1S/C44H86O5/c1-3-5-7-9-11-13-15-17-19-21-23-24-26-28-30-32-34-36-38-43(46)48-41-42(40-45)49-44(47)39-37-35-33-31-29-27-25-22-20-18-16-14-12-10-8-6-4-2/h42,45H,3-41H2,1-2H3/t42-/m0/s1. The Morgan fingerprint density at radius 3 is 0.898 bits per heavy atom. The van der Waals surface area contributed by atoms with Crippen molar-refractivity contribution in [1.82, 2.24) is 0 Å². The third-order valence-electron chi connectivity index (χ3n) is 10.2. The molecule has 0 aromatic rings. The molecule has 5 heteroatoms. The zero-order chi connectivity index (χ0) is 35.7. The second kappa shape index (κ2) is 41.3. The van der Waals surface area contributed by atoms with Crippen LogP contribution < -0.4 is 0 Å². The van der Waals surface area contributed by atoms with Crippen LogP contribution in [0.1, 0.15) is 251 Å². The van der Waals surface area contributed by atoms with E-state index in [1.54, 1.807) is 0 Å². The Kier molecular flexibility index (Phi) is 40.4. The van der Waals surface area contributed by atoms with Crippen LogP contribution in [0.3, 0.4) is 0 Å². The highest BCUT2D eigenvalue weighted by Gasteiger charge is 2.16. The number of aliphatic hydroxyl groups is 1. The van der Waals surface area contributed by atoms with E-state index in [1.807, 2.05) is 0 Å². The summed E-state index contributed by atoms with van der Waals surface area (Å²) < 4.78 is 10.6. The van der Waals surface area contributed by atoms with Gasteiger partial charge in [-0.25, -0.2) is 0 Å². The quantitative estimate of drug-likeness (QED) is 0.0509. The van der Waals surface area contributed by atoms with E-state index in [-0.39, 0.29) is 25.2 Å². The number of rotatable bonds is 41. The Morgan fingerprint density at radius 2 is 0.633 bits per heavy atom. The Bertz CT molecular complexity index is 666. The van der Waals surface area contributed by atoms with Gasteiger partial charge in [0, 0.05) is 12.8 Å². The van der Waals surface area contributed by atoms with Gasteiger partial charge in [0.05, 0.1) is 6.61 Å². The molecule has 0 bridgehead atoms. The Morgan fingerprint density at radius 1 is 0.388 bits per heavy atom. The molecule has 0 aliphatic heterocycles. The van der Waals surface area contributed by atoms with Gasteiger partial charge in [-0.15, -0.1) is 0 Å². The molecular formula is C44H86O5. The van der Waals surface area contributed by atoms with E-state index in [1.165, 1.54) is 193 Å². The van der Waals surface area contributed by atoms with Crippen LogP contribution in [0.2, 0.25) is 0 Å². The van der Waals surface area contributed by atoms with Crippen molar-refractivity contribution in [2.24, 2.45) is 0 Å². The van der Waals surface area contributed by atoms with Crippen LogP contribution in [0.25, 0.3) is 0 Å². The van der Waals surface area contributed by atoms with Crippen LogP contribution in [-0.4, -0.2) is 36.4 Å². The van der Waals surface area contributed by atoms with Crippen molar-refractivity contribution < 1.29 is 24.2 Å². The van der Waals surface area contributed by atoms with E-state index < -0.39 is 6.10 Å². The fourth-order valence-electron chi connectivity index (χ4n) is 6.79. The second-order valence-corrected chi connectivity index (χ2v) is 15.1. The van der Waals surface area contributed by atoms with Crippen molar-refractivity contribution in [3.8, 4) is 0 Å². The number of unbranched alkanes of at least 4 members (excludes halogenated alkanes) is 33. The van der Waals surface area contributed by atoms with Crippen LogP contribution in [0.4, 0.5) is 0 Å². The average molecular weight is 695 g/mol. The lowest BCUT2D eigenvalue weighted by Gasteiger charge is -2.15. The summed E-state index contributed by atoms with van der Waals surface area (Å²) in [6, 6.07) is 0. The number of hydrogen-bond acceptors (Lipinski definition) is 5. The van der Waals surface area contributed by atoms with Crippen molar-refractivity contribution in [3.63, 3.8) is 0 Å². The van der Waals surface area contributed by atoms with Gasteiger partial charge in [0.25, 0.3) is 0 Å². The number of carbonyl (C=O) groups excluding carboxylic acids is 2. The first-order valence-electron chi connectivity index (χ1n) is 22.1. The zero-order valence-electron chi connectivity index (χ0n) is 33.2. The van der Waals surface area contributed by atoms with Crippen LogP contribution in [0.5, 0.6) is 0 Å². The fourth-order valence-corrected chi connectivity index (χ4v) is 6.79. The molecular weight excluding hydrogens is 608 g/mol. The highest BCUT2D eigenvalue weighted by atomic mass is 16.6. The number of esters is 2. The SMILES string of the molecule is CCCCCCCCCCCCCCCCCCCCC(=O)OC[C@H](CO)OC(=O)CCCCCCCCCCCCCCCCCCC. The van der Waals surface area contributed by atoms with Gasteiger partial charge in [0.15, 0.2) is 6.10 Å². The third-order valence-corrected chi connectivity index (χ3v) is 10.2. The van der Waals surface area contributed by atoms with E-state index in [2.05, 4.69) is 13.8 Å². The molecule has 0 amide bonds. The molecule has 0 unspecified atom stereocenters. The summed E-state index contributed by atoms with van der Waals surface area (Å²) in [5, 5.41) is 9.58. The van der Waals surface area contributed by atoms with Crippen molar-refractivity contribution in [2.45, 2.75) is 258 Å². The van der Waals surface area contributed by atoms with Gasteiger partial charge >= 0.3 is 11.9 Å². The molecule has 0 aliphatic rings. The maximum Gasteiger partial charge on any atom is 0.306 e. The highest BCUT2D eigenvalue weighted by Crippen LogP contribution is 2.16. The molecule has 0 saturated heterocycles. The Hall–Kier alpha value is -1.10. The number of aliphatic hydroxyl groups excluding tert-OH is 1. The van der Waals surface area contributed by atoms with Gasteiger partial charge in [-0.3, -0.25) is 9.59 Å². The minimum atomic E-state index is -0.762. The summed E-state index contributed by atoms with van der Waals surface area (Å²) in [7, 11) is 0. The van der Waals surface area contributed by atoms with E-state index in [0.29, 0.717) is 12.8 Å². The van der Waals surface area contributed by atoms with Crippen molar-refractivity contribution >= 4 is 11.9 Å². The van der Waals surface area contributed by atoms with Gasteiger partial charge in [-0.2, -0.15) is 0 Å². The van der Waals surface area contributed by atoms with Gasteiger partial charge in [0.1, 0.15) is 6.61 Å². The van der Waals surface area contributed by atoms with Crippen LogP contribution >= 0.6 is 0 Å². The normalized spacial score (nSPS) is 12.0. The van der Waals surface area contributed by atoms with E-state index in [9.17, 15) is 14.7 Å². The first-order valence-corrected chi connectivity index (χ1v) is 22.1. The number of ether oxygens (including phenoxy) is 2. The molecule has 292 valence electrons. The molecule has 0 aromatic heterocycles. The van der Waals surface area contributed by atoms with E-state index >= 15 is 0 Å². The maximum atomic E-state index is 12.2. The first kappa shape index (κ1) is 47.9. The minimum Gasteiger partial charge on any atom is -0.462 e. The Labute approximate surface area is 306 Å². The van der Waals surface area contributed by atoms with Crippen molar-refractivity contribution in [3.05, 3.63) is 0 Å². The summed E-state index contributed by atoms with van der Waals surface area (Å²) in [5.41, 5.74) is 0. The summed E-state index contributed by atoms with van der Waals surface area (Å²) in [6.45, 7) is 4.18. The lowest BCUT2D eigenvalue weighted by Crippen LogP contribution is -2.28. The molecule has 0 spiro atoms. The number of carbonyl (C=O) groups is 2. The van der Waals surface area contributed by atoms with Crippen molar-refractivity contribution in [2.75, 3.05) is 13.2 Å². The van der Waals surface area contributed by atoms with E-state index in [0.717, 1.165) is 32.1 Å². The molecule has 0 radical (unpaired) electrons. The molecule has 0 fully saturated rings. The predicted octanol–water partition coefficient (Wildman–Crippen LogP) is 13.9. The topological polar surface area (TPSA) is 72.8 Å². The van der Waals surface area contributed by atoms with Gasteiger partial charge < -0.3 is 14.6 Å². The minimum absolute atomic E-state index is 0.0564. The Balaban J connectivity index is 3.46. The lowest BCUT2D eigenvalue weighted by atomic mass is 10.0. The van der Waals surface area contributed by atoms with Gasteiger partial charge in [0.2, 0.25) is 0 Å². The smallest absolute Gasteiger partial charge is 0.306 e. The zero-order valence-corrected chi connectivity index (χ0v) is 33.2. The lowest BCUT2D eigenvalue weighted by molar-refractivity contribution is -0.161. The van der Waals surface area contributed by atoms with Crippen molar-refractivity contribution in [1.29, 1.82) is 0 Å². The predicted molar refractivity (Wildman–Crippen MR) is 210 cm³/mol. The fraction of sp³-hybridized carbons (Fsp3) is 0.955. The molecule has 0 aliphatic carbocycles. The van der Waals surface area contributed by atoms with Crippen LogP contribution in [0, 0.1) is 0 Å². The molecule has 0 saturated carbocycles. The first-order chi connectivity index (χ1) is 24.1. The average Bonchev–Trinajstić information content (AvgIpc) is 3.10. The summed E-state index contributed by atoms with van der Waals surface area (Å²) in [6.07, 6.45) is 46.0. The second-order valence-electron chi connectivity index (χ2n) is 15.1. The highest BCUT2D eigenvalue weighted by molar-refractivity contribution is 5.70. The van der Waals surface area contributed by atoms with Gasteiger partial charge in [-0.1, -0.05) is 226 Å². The summed E-state index contributed by atoms with van der Waals surface area (Å²) >= 11 is 0. The molecule has 1 N–H and O–H groups in total. The number of hydrogen-bond donors (Lipinski definition) is 1. The summed E-state index contributed by atoms with van der Waals surface area (Å²) in [5.74, 6) is -0.571. The third kappa shape index (κ3) is 39.5. The maximum absolute atomic E-state index is 12.2. The molecule has 1 atom stereocenters. The van der Waals surface area contributed by atoms with Crippen LogP contribution in [0.15, 0.2) is 0 Å². The van der Waals surface area contributed by atoms with E-state index in [4.69, 9.17) is 9.47 Å². The molecule has 0 rings (SSSR count). The largest absolute Gasteiger partial charge is 0.462 e. The molecule has 0 aromatic carbocycles.